The number of hydrogen-bond donors (Lipinski definition) is 1. The minimum atomic E-state index is -0.315. The van der Waals surface area contributed by atoms with E-state index in [0.717, 1.165) is 17.5 Å². The van der Waals surface area contributed by atoms with Gasteiger partial charge in [0.1, 0.15) is 0 Å². The zero-order chi connectivity index (χ0) is 11.7. The molecule has 0 radical (unpaired) electrons. The number of aromatic nitrogens is 1. The molecule has 1 unspecified atom stereocenters. The molecule has 0 spiro atoms. The molecule has 0 saturated carbocycles. The van der Waals surface area contributed by atoms with Gasteiger partial charge in [0.2, 0.25) is 0 Å². The lowest BCUT2D eigenvalue weighted by Gasteiger charge is -2.13. The molecular formula is C12H16N2O2. The van der Waals surface area contributed by atoms with Crippen molar-refractivity contribution in [3.05, 3.63) is 34.3 Å². The maximum atomic E-state index is 11.3. The van der Waals surface area contributed by atoms with Gasteiger partial charge < -0.3 is 9.73 Å². The minimum absolute atomic E-state index is 0.301. The normalized spacial score (nSPS) is 13.2. The van der Waals surface area contributed by atoms with Crippen molar-refractivity contribution in [3.63, 3.8) is 0 Å². The van der Waals surface area contributed by atoms with Crippen LogP contribution >= 0.6 is 0 Å². The van der Waals surface area contributed by atoms with Gasteiger partial charge in [0.25, 0.3) is 0 Å². The standard InChI is InChI=1S/C12H16N2O2/c1-4-9(13-2)8-5-6-10-11(7-8)16-12(15)14(10)3/h5-7,9,13H,4H2,1-3H3. The number of fused-ring (bicyclic) bond motifs is 1. The Hall–Kier alpha value is -1.55. The van der Waals surface area contributed by atoms with Crippen molar-refractivity contribution < 1.29 is 4.42 Å². The Bertz CT molecular complexity index is 550. The number of benzene rings is 1. The average molecular weight is 220 g/mol. The second-order valence-electron chi connectivity index (χ2n) is 3.90. The molecule has 1 aromatic carbocycles. The molecular weight excluding hydrogens is 204 g/mol. The molecule has 1 N–H and O–H groups in total. The molecule has 0 aliphatic heterocycles. The van der Waals surface area contributed by atoms with Gasteiger partial charge in [-0.15, -0.1) is 0 Å². The smallest absolute Gasteiger partial charge is 0.408 e. The van der Waals surface area contributed by atoms with Crippen LogP contribution in [0.4, 0.5) is 0 Å². The molecule has 16 heavy (non-hydrogen) atoms. The van der Waals surface area contributed by atoms with Crippen molar-refractivity contribution in [2.75, 3.05) is 7.05 Å². The molecule has 0 amide bonds. The Kier molecular flexibility index (Phi) is 2.83. The van der Waals surface area contributed by atoms with Gasteiger partial charge in [-0.2, -0.15) is 0 Å². The number of aryl methyl sites for hydroxylation is 1. The molecule has 0 bridgehead atoms. The SMILES string of the molecule is CCC(NC)c1ccc2c(c1)oc(=O)n2C. The Morgan fingerprint density at radius 2 is 2.25 bits per heavy atom. The first-order valence-corrected chi connectivity index (χ1v) is 5.44. The molecule has 4 nitrogen and oxygen atoms in total. The molecule has 1 heterocycles. The number of nitrogens with one attached hydrogen (secondary N) is 1. The Labute approximate surface area is 93.9 Å². The summed E-state index contributed by atoms with van der Waals surface area (Å²) in [6.45, 7) is 2.12. The first kappa shape index (κ1) is 11.0. The lowest BCUT2D eigenvalue weighted by molar-refractivity contribution is 0.526. The highest BCUT2D eigenvalue weighted by molar-refractivity contribution is 5.73. The van der Waals surface area contributed by atoms with Crippen LogP contribution in [-0.4, -0.2) is 11.6 Å². The largest absolute Gasteiger partial charge is 0.419 e. The van der Waals surface area contributed by atoms with Crippen molar-refractivity contribution in [2.45, 2.75) is 19.4 Å². The van der Waals surface area contributed by atoms with E-state index in [1.54, 1.807) is 7.05 Å². The fourth-order valence-corrected chi connectivity index (χ4v) is 1.97. The topological polar surface area (TPSA) is 47.2 Å². The number of hydrogen-bond acceptors (Lipinski definition) is 3. The second kappa shape index (κ2) is 4.14. The Morgan fingerprint density at radius 3 is 2.88 bits per heavy atom. The molecule has 0 aliphatic rings. The maximum Gasteiger partial charge on any atom is 0.419 e. The Morgan fingerprint density at radius 1 is 1.50 bits per heavy atom. The average Bonchev–Trinajstić information content (AvgIpc) is 2.56. The van der Waals surface area contributed by atoms with Crippen molar-refractivity contribution >= 4 is 11.1 Å². The molecule has 0 aliphatic carbocycles. The van der Waals surface area contributed by atoms with Crippen molar-refractivity contribution in [1.29, 1.82) is 0 Å². The summed E-state index contributed by atoms with van der Waals surface area (Å²) >= 11 is 0. The van der Waals surface area contributed by atoms with Gasteiger partial charge in [0.05, 0.1) is 5.52 Å². The van der Waals surface area contributed by atoms with E-state index in [2.05, 4.69) is 12.2 Å². The molecule has 0 fully saturated rings. The summed E-state index contributed by atoms with van der Waals surface area (Å²) in [6.07, 6.45) is 0.999. The van der Waals surface area contributed by atoms with Gasteiger partial charge in [0.15, 0.2) is 5.58 Å². The van der Waals surface area contributed by atoms with Crippen LogP contribution in [0.25, 0.3) is 11.1 Å². The third kappa shape index (κ3) is 1.65. The van der Waals surface area contributed by atoms with Gasteiger partial charge in [-0.1, -0.05) is 13.0 Å². The summed E-state index contributed by atoms with van der Waals surface area (Å²) < 4.78 is 6.67. The number of nitrogens with zero attached hydrogens (tertiary/aromatic N) is 1. The third-order valence-electron chi connectivity index (χ3n) is 2.98. The van der Waals surface area contributed by atoms with Crippen LogP contribution in [-0.2, 0) is 7.05 Å². The monoisotopic (exact) mass is 220 g/mol. The zero-order valence-corrected chi connectivity index (χ0v) is 9.78. The van der Waals surface area contributed by atoms with Crippen LogP contribution in [0.2, 0.25) is 0 Å². The van der Waals surface area contributed by atoms with Crippen LogP contribution in [0.15, 0.2) is 27.4 Å². The van der Waals surface area contributed by atoms with Crippen LogP contribution in [0.1, 0.15) is 24.9 Å². The van der Waals surface area contributed by atoms with Gasteiger partial charge >= 0.3 is 5.76 Å². The lowest BCUT2D eigenvalue weighted by Crippen LogP contribution is -2.14. The van der Waals surface area contributed by atoms with Crippen LogP contribution in [0.3, 0.4) is 0 Å². The summed E-state index contributed by atoms with van der Waals surface area (Å²) in [5.74, 6) is -0.315. The molecule has 1 atom stereocenters. The predicted molar refractivity (Wildman–Crippen MR) is 63.5 cm³/mol. The van der Waals surface area contributed by atoms with E-state index in [-0.39, 0.29) is 5.76 Å². The lowest BCUT2D eigenvalue weighted by atomic mass is 10.0. The highest BCUT2D eigenvalue weighted by Gasteiger charge is 2.10. The van der Waals surface area contributed by atoms with E-state index >= 15 is 0 Å². The summed E-state index contributed by atoms with van der Waals surface area (Å²) in [4.78, 5) is 11.3. The fraction of sp³-hybridized carbons (Fsp3) is 0.417. The summed E-state index contributed by atoms with van der Waals surface area (Å²) in [5.41, 5.74) is 2.63. The van der Waals surface area contributed by atoms with Crippen molar-refractivity contribution in [2.24, 2.45) is 7.05 Å². The molecule has 86 valence electrons. The highest BCUT2D eigenvalue weighted by Crippen LogP contribution is 2.21. The van der Waals surface area contributed by atoms with E-state index < -0.39 is 0 Å². The fourth-order valence-electron chi connectivity index (χ4n) is 1.97. The minimum Gasteiger partial charge on any atom is -0.408 e. The zero-order valence-electron chi connectivity index (χ0n) is 9.78. The molecule has 1 aromatic heterocycles. The van der Waals surface area contributed by atoms with E-state index in [0.29, 0.717) is 11.6 Å². The molecule has 4 heteroatoms. The number of oxazole rings is 1. The van der Waals surface area contributed by atoms with Crippen molar-refractivity contribution in [1.82, 2.24) is 9.88 Å². The molecule has 2 rings (SSSR count). The van der Waals surface area contributed by atoms with Crippen LogP contribution < -0.4 is 11.1 Å². The summed E-state index contributed by atoms with van der Waals surface area (Å²) in [5, 5.41) is 3.23. The number of rotatable bonds is 3. The van der Waals surface area contributed by atoms with Gasteiger partial charge in [-0.3, -0.25) is 4.57 Å². The van der Waals surface area contributed by atoms with Crippen molar-refractivity contribution in [3.8, 4) is 0 Å². The van der Waals surface area contributed by atoms with Crippen LogP contribution in [0, 0.1) is 0 Å². The van der Waals surface area contributed by atoms with E-state index in [4.69, 9.17) is 4.42 Å². The van der Waals surface area contributed by atoms with Gasteiger partial charge in [-0.05, 0) is 31.2 Å². The summed E-state index contributed by atoms with van der Waals surface area (Å²) in [7, 11) is 3.64. The first-order valence-electron chi connectivity index (χ1n) is 5.44. The Balaban J connectivity index is 2.56. The predicted octanol–water partition coefficient (Wildman–Crippen LogP) is 1.80. The second-order valence-corrected chi connectivity index (χ2v) is 3.90. The third-order valence-corrected chi connectivity index (χ3v) is 2.98. The molecule has 0 saturated heterocycles. The summed E-state index contributed by atoms with van der Waals surface area (Å²) in [6, 6.07) is 6.19. The first-order chi connectivity index (χ1) is 7.67. The maximum absolute atomic E-state index is 11.3. The van der Waals surface area contributed by atoms with Crippen LogP contribution in [0.5, 0.6) is 0 Å². The van der Waals surface area contributed by atoms with E-state index in [9.17, 15) is 4.79 Å². The molecule has 2 aromatic rings. The van der Waals surface area contributed by atoms with E-state index in [1.807, 2.05) is 25.2 Å². The van der Waals surface area contributed by atoms with Gasteiger partial charge in [0, 0.05) is 13.1 Å². The highest BCUT2D eigenvalue weighted by atomic mass is 16.4. The van der Waals surface area contributed by atoms with E-state index in [1.165, 1.54) is 4.57 Å². The quantitative estimate of drug-likeness (QED) is 0.858. The van der Waals surface area contributed by atoms with Gasteiger partial charge in [-0.25, -0.2) is 4.79 Å².